The van der Waals surface area contributed by atoms with E-state index >= 15 is 0 Å². The maximum Gasteiger partial charge on any atom is 0.223 e. The highest BCUT2D eigenvalue weighted by Gasteiger charge is 2.23. The van der Waals surface area contributed by atoms with Gasteiger partial charge in [-0.25, -0.2) is 0 Å². The molecule has 5 nitrogen and oxygen atoms in total. The smallest absolute Gasteiger partial charge is 0.223 e. The molecule has 0 saturated carbocycles. The van der Waals surface area contributed by atoms with Crippen molar-refractivity contribution in [1.82, 2.24) is 9.80 Å². The average molecular weight is 332 g/mol. The first kappa shape index (κ1) is 18.3. The summed E-state index contributed by atoms with van der Waals surface area (Å²) in [6.07, 6.45) is 3.85. The fraction of sp³-hybridized carbons (Fsp3) is 0.579. The van der Waals surface area contributed by atoms with Crippen molar-refractivity contribution in [3.8, 4) is 5.75 Å². The Morgan fingerprint density at radius 2 is 1.50 bits per heavy atom. The number of aryl methyl sites for hydroxylation is 1. The first-order chi connectivity index (χ1) is 11.6. The Balaban J connectivity index is 1.73. The Labute approximate surface area is 144 Å². The summed E-state index contributed by atoms with van der Waals surface area (Å²) in [6, 6.07) is 7.83. The molecule has 24 heavy (non-hydrogen) atoms. The standard InChI is InChI=1S/C19H28N2O3/c1-3-4-5-18(22)20-12-14-21(15-13-20)19(23)11-8-16-6-9-17(24-2)10-7-16/h6-7,9-10H,3-5,8,11-15H2,1-2H3. The van der Waals surface area contributed by atoms with Gasteiger partial charge in [0.2, 0.25) is 11.8 Å². The van der Waals surface area contributed by atoms with E-state index in [9.17, 15) is 9.59 Å². The van der Waals surface area contributed by atoms with Crippen LogP contribution < -0.4 is 4.74 Å². The summed E-state index contributed by atoms with van der Waals surface area (Å²) in [4.78, 5) is 28.1. The number of amides is 2. The van der Waals surface area contributed by atoms with Crippen molar-refractivity contribution in [2.75, 3.05) is 33.3 Å². The number of carbonyl (C=O) groups is 2. The molecule has 1 heterocycles. The maximum atomic E-state index is 12.3. The number of hydrogen-bond donors (Lipinski definition) is 0. The van der Waals surface area contributed by atoms with E-state index in [1.165, 1.54) is 0 Å². The molecule has 0 radical (unpaired) electrons. The van der Waals surface area contributed by atoms with Crippen LogP contribution in [0.25, 0.3) is 0 Å². The normalized spacial score (nSPS) is 14.6. The van der Waals surface area contributed by atoms with Crippen LogP contribution in [-0.2, 0) is 16.0 Å². The second kappa shape index (κ2) is 9.30. The Kier molecular flexibility index (Phi) is 7.09. The lowest BCUT2D eigenvalue weighted by atomic mass is 10.1. The summed E-state index contributed by atoms with van der Waals surface area (Å²) < 4.78 is 5.14. The molecule has 0 unspecified atom stereocenters. The molecule has 1 aliphatic rings. The zero-order chi connectivity index (χ0) is 17.4. The van der Waals surface area contributed by atoms with Gasteiger partial charge in [-0.1, -0.05) is 25.5 Å². The zero-order valence-electron chi connectivity index (χ0n) is 14.8. The summed E-state index contributed by atoms with van der Waals surface area (Å²) in [5, 5.41) is 0. The van der Waals surface area contributed by atoms with Gasteiger partial charge in [-0.15, -0.1) is 0 Å². The molecule has 2 rings (SSSR count). The highest BCUT2D eigenvalue weighted by atomic mass is 16.5. The van der Waals surface area contributed by atoms with Crippen LogP contribution in [0.4, 0.5) is 0 Å². The van der Waals surface area contributed by atoms with Crippen molar-refractivity contribution in [1.29, 1.82) is 0 Å². The van der Waals surface area contributed by atoms with E-state index in [0.717, 1.165) is 30.6 Å². The monoisotopic (exact) mass is 332 g/mol. The van der Waals surface area contributed by atoms with Gasteiger partial charge in [-0.2, -0.15) is 0 Å². The number of ether oxygens (including phenoxy) is 1. The van der Waals surface area contributed by atoms with E-state index in [4.69, 9.17) is 4.74 Å². The van der Waals surface area contributed by atoms with Gasteiger partial charge in [0, 0.05) is 39.0 Å². The lowest BCUT2D eigenvalue weighted by Crippen LogP contribution is -2.50. The zero-order valence-corrected chi connectivity index (χ0v) is 14.8. The first-order valence-corrected chi connectivity index (χ1v) is 8.82. The van der Waals surface area contributed by atoms with E-state index in [1.807, 2.05) is 34.1 Å². The molecular weight excluding hydrogens is 304 g/mol. The Morgan fingerprint density at radius 3 is 2.00 bits per heavy atom. The molecule has 1 aliphatic heterocycles. The van der Waals surface area contributed by atoms with Gasteiger partial charge >= 0.3 is 0 Å². The molecule has 1 saturated heterocycles. The number of piperazine rings is 1. The molecule has 5 heteroatoms. The van der Waals surface area contributed by atoms with E-state index in [-0.39, 0.29) is 11.8 Å². The van der Waals surface area contributed by atoms with E-state index in [2.05, 4.69) is 6.92 Å². The Hall–Kier alpha value is -2.04. The molecule has 0 N–H and O–H groups in total. The number of nitrogens with zero attached hydrogens (tertiary/aromatic N) is 2. The summed E-state index contributed by atoms with van der Waals surface area (Å²) in [6.45, 7) is 4.72. The predicted molar refractivity (Wildman–Crippen MR) is 94.0 cm³/mol. The van der Waals surface area contributed by atoms with Crippen molar-refractivity contribution < 1.29 is 14.3 Å². The maximum absolute atomic E-state index is 12.3. The van der Waals surface area contributed by atoms with Crippen molar-refractivity contribution in [2.45, 2.75) is 39.0 Å². The number of unbranched alkanes of at least 4 members (excludes halogenated alkanes) is 1. The van der Waals surface area contributed by atoms with Crippen LogP contribution in [0.1, 0.15) is 38.2 Å². The number of benzene rings is 1. The molecule has 132 valence electrons. The van der Waals surface area contributed by atoms with Crippen LogP contribution in [0, 0.1) is 0 Å². The van der Waals surface area contributed by atoms with Crippen LogP contribution in [0.5, 0.6) is 5.75 Å². The SMILES string of the molecule is CCCCC(=O)N1CCN(C(=O)CCc2ccc(OC)cc2)CC1. The van der Waals surface area contributed by atoms with E-state index in [1.54, 1.807) is 7.11 Å². The molecule has 0 aliphatic carbocycles. The fourth-order valence-corrected chi connectivity index (χ4v) is 2.89. The third-order valence-corrected chi connectivity index (χ3v) is 4.52. The van der Waals surface area contributed by atoms with Crippen LogP contribution >= 0.6 is 0 Å². The lowest BCUT2D eigenvalue weighted by Gasteiger charge is -2.35. The molecule has 1 aromatic carbocycles. The molecular formula is C19H28N2O3. The summed E-state index contributed by atoms with van der Waals surface area (Å²) >= 11 is 0. The van der Waals surface area contributed by atoms with Gasteiger partial charge < -0.3 is 14.5 Å². The van der Waals surface area contributed by atoms with Gasteiger partial charge in [0.05, 0.1) is 7.11 Å². The average Bonchev–Trinajstić information content (AvgIpc) is 2.64. The summed E-state index contributed by atoms with van der Waals surface area (Å²) in [5.41, 5.74) is 1.14. The highest BCUT2D eigenvalue weighted by Crippen LogP contribution is 2.14. The fourth-order valence-electron chi connectivity index (χ4n) is 2.89. The van der Waals surface area contributed by atoms with Crippen LogP contribution in [0.2, 0.25) is 0 Å². The van der Waals surface area contributed by atoms with Crippen LogP contribution in [-0.4, -0.2) is 54.9 Å². The largest absolute Gasteiger partial charge is 0.497 e. The highest BCUT2D eigenvalue weighted by molar-refractivity contribution is 5.78. The molecule has 1 fully saturated rings. The van der Waals surface area contributed by atoms with Crippen molar-refractivity contribution in [2.24, 2.45) is 0 Å². The predicted octanol–water partition coefficient (Wildman–Crippen LogP) is 2.49. The third kappa shape index (κ3) is 5.25. The van der Waals surface area contributed by atoms with E-state index < -0.39 is 0 Å². The van der Waals surface area contributed by atoms with Gasteiger partial charge in [0.25, 0.3) is 0 Å². The minimum absolute atomic E-state index is 0.173. The van der Waals surface area contributed by atoms with E-state index in [0.29, 0.717) is 39.0 Å². The Bertz CT molecular complexity index is 534. The van der Waals surface area contributed by atoms with Crippen LogP contribution in [0.15, 0.2) is 24.3 Å². The summed E-state index contributed by atoms with van der Waals surface area (Å²) in [5.74, 6) is 1.22. The number of hydrogen-bond acceptors (Lipinski definition) is 3. The molecule has 0 atom stereocenters. The molecule has 2 amide bonds. The topological polar surface area (TPSA) is 49.9 Å². The van der Waals surface area contributed by atoms with Crippen molar-refractivity contribution >= 4 is 11.8 Å². The van der Waals surface area contributed by atoms with Gasteiger partial charge in [0.15, 0.2) is 0 Å². The lowest BCUT2D eigenvalue weighted by molar-refractivity contribution is -0.139. The second-order valence-electron chi connectivity index (χ2n) is 6.21. The summed E-state index contributed by atoms with van der Waals surface area (Å²) in [7, 11) is 1.64. The van der Waals surface area contributed by atoms with Gasteiger partial charge in [-0.3, -0.25) is 9.59 Å². The minimum atomic E-state index is 0.173. The van der Waals surface area contributed by atoms with Gasteiger partial charge in [-0.05, 0) is 30.5 Å². The quantitative estimate of drug-likeness (QED) is 0.771. The molecule has 0 bridgehead atoms. The Morgan fingerprint density at radius 1 is 0.958 bits per heavy atom. The van der Waals surface area contributed by atoms with Gasteiger partial charge in [0.1, 0.15) is 5.75 Å². The van der Waals surface area contributed by atoms with Crippen molar-refractivity contribution in [3.63, 3.8) is 0 Å². The van der Waals surface area contributed by atoms with Crippen LogP contribution in [0.3, 0.4) is 0 Å². The number of rotatable bonds is 7. The third-order valence-electron chi connectivity index (χ3n) is 4.52. The number of carbonyl (C=O) groups excluding carboxylic acids is 2. The molecule has 0 aromatic heterocycles. The number of methoxy groups -OCH3 is 1. The second-order valence-corrected chi connectivity index (χ2v) is 6.21. The molecule has 0 spiro atoms. The molecule has 1 aromatic rings. The van der Waals surface area contributed by atoms with Crippen molar-refractivity contribution in [3.05, 3.63) is 29.8 Å². The first-order valence-electron chi connectivity index (χ1n) is 8.82. The minimum Gasteiger partial charge on any atom is -0.497 e.